The molecule has 0 aromatic heterocycles. The summed E-state index contributed by atoms with van der Waals surface area (Å²) in [5.74, 6) is 0.404. The summed E-state index contributed by atoms with van der Waals surface area (Å²) in [6, 6.07) is 9.28. The van der Waals surface area contributed by atoms with E-state index in [1.54, 1.807) is 24.3 Å². The van der Waals surface area contributed by atoms with Gasteiger partial charge >= 0.3 is 0 Å². The maximum atomic E-state index is 12.3. The molecule has 148 valence electrons. The quantitative estimate of drug-likeness (QED) is 0.643. The minimum atomic E-state index is -0.281. The van der Waals surface area contributed by atoms with Crippen LogP contribution in [0.3, 0.4) is 0 Å². The Balaban J connectivity index is 1.46. The maximum absolute atomic E-state index is 12.3. The Morgan fingerprint density at radius 2 is 1.71 bits per heavy atom. The van der Waals surface area contributed by atoms with Gasteiger partial charge in [-0.1, -0.05) is 17.7 Å². The van der Waals surface area contributed by atoms with Crippen molar-refractivity contribution < 1.29 is 24.2 Å². The topological polar surface area (TPSA) is 96.9 Å². The standard InChI is InChI=1S/C20H21ClN2O5/c21-16-11-14(12-17-18(16)28-9-3-8-27-17)20(26)23-7-2-6-22-19(25)13-4-1-5-15(24)10-13/h1,4-5,10-12,24H,2-3,6-9H2,(H,22,25)(H,23,26). The van der Waals surface area contributed by atoms with Gasteiger partial charge in [0, 0.05) is 30.6 Å². The van der Waals surface area contributed by atoms with Crippen LogP contribution in [0, 0.1) is 0 Å². The van der Waals surface area contributed by atoms with Crippen molar-refractivity contribution in [1.29, 1.82) is 0 Å². The minimum Gasteiger partial charge on any atom is -0.508 e. The molecule has 8 heteroatoms. The van der Waals surface area contributed by atoms with E-state index in [0.29, 0.717) is 60.4 Å². The smallest absolute Gasteiger partial charge is 0.251 e. The Bertz CT molecular complexity index is 872. The van der Waals surface area contributed by atoms with Crippen molar-refractivity contribution >= 4 is 23.4 Å². The number of rotatable bonds is 6. The van der Waals surface area contributed by atoms with Crippen molar-refractivity contribution in [3.63, 3.8) is 0 Å². The zero-order chi connectivity index (χ0) is 19.9. The highest BCUT2D eigenvalue weighted by molar-refractivity contribution is 6.32. The van der Waals surface area contributed by atoms with Crippen molar-refractivity contribution in [2.75, 3.05) is 26.3 Å². The van der Waals surface area contributed by atoms with Gasteiger partial charge in [-0.05, 0) is 36.8 Å². The number of carbonyl (C=O) groups excluding carboxylic acids is 2. The highest BCUT2D eigenvalue weighted by atomic mass is 35.5. The molecule has 0 saturated carbocycles. The second-order valence-corrected chi connectivity index (χ2v) is 6.66. The molecule has 2 aromatic carbocycles. The number of fused-ring (bicyclic) bond motifs is 1. The van der Waals surface area contributed by atoms with Crippen LogP contribution in [0.4, 0.5) is 0 Å². The van der Waals surface area contributed by atoms with Gasteiger partial charge in [0.05, 0.1) is 18.2 Å². The first kappa shape index (κ1) is 19.8. The van der Waals surface area contributed by atoms with Gasteiger partial charge in [-0.15, -0.1) is 0 Å². The van der Waals surface area contributed by atoms with Crippen LogP contribution < -0.4 is 20.1 Å². The lowest BCUT2D eigenvalue weighted by Gasteiger charge is -2.12. The SMILES string of the molecule is O=C(NCCCNC(=O)c1cc(Cl)c2c(c1)OCCCO2)c1cccc(O)c1. The fourth-order valence-electron chi connectivity index (χ4n) is 2.71. The van der Waals surface area contributed by atoms with E-state index in [4.69, 9.17) is 21.1 Å². The third kappa shape index (κ3) is 5.07. The summed E-state index contributed by atoms with van der Waals surface area (Å²) >= 11 is 6.20. The number of ether oxygens (including phenoxy) is 2. The average molecular weight is 405 g/mol. The van der Waals surface area contributed by atoms with Crippen LogP contribution in [0.1, 0.15) is 33.6 Å². The van der Waals surface area contributed by atoms with Gasteiger partial charge < -0.3 is 25.2 Å². The number of phenolic OH excluding ortho intramolecular Hbond substituents is 1. The van der Waals surface area contributed by atoms with Crippen molar-refractivity contribution in [2.24, 2.45) is 0 Å². The minimum absolute atomic E-state index is 0.0358. The lowest BCUT2D eigenvalue weighted by Crippen LogP contribution is -2.29. The molecule has 0 atom stereocenters. The van der Waals surface area contributed by atoms with Crippen molar-refractivity contribution in [3.8, 4) is 17.2 Å². The molecule has 0 bridgehead atoms. The van der Waals surface area contributed by atoms with Crippen LogP contribution >= 0.6 is 11.6 Å². The monoisotopic (exact) mass is 404 g/mol. The van der Waals surface area contributed by atoms with Gasteiger partial charge in [0.1, 0.15) is 5.75 Å². The number of carbonyl (C=O) groups is 2. The van der Waals surface area contributed by atoms with Gasteiger partial charge in [0.2, 0.25) is 0 Å². The van der Waals surface area contributed by atoms with E-state index < -0.39 is 0 Å². The van der Waals surface area contributed by atoms with E-state index in [9.17, 15) is 14.7 Å². The third-order valence-electron chi connectivity index (χ3n) is 4.10. The Labute approximate surface area is 167 Å². The van der Waals surface area contributed by atoms with E-state index in [1.165, 1.54) is 12.1 Å². The van der Waals surface area contributed by atoms with Crippen molar-refractivity contribution in [3.05, 3.63) is 52.5 Å². The molecule has 0 unspecified atom stereocenters. The van der Waals surface area contributed by atoms with Gasteiger partial charge in [-0.25, -0.2) is 0 Å². The molecule has 2 amide bonds. The first-order chi connectivity index (χ1) is 13.5. The largest absolute Gasteiger partial charge is 0.508 e. The molecule has 0 aliphatic carbocycles. The molecule has 0 radical (unpaired) electrons. The van der Waals surface area contributed by atoms with E-state index in [0.717, 1.165) is 6.42 Å². The fourth-order valence-corrected chi connectivity index (χ4v) is 2.97. The van der Waals surface area contributed by atoms with Crippen LogP contribution in [-0.4, -0.2) is 43.2 Å². The Morgan fingerprint density at radius 1 is 1.00 bits per heavy atom. The zero-order valence-electron chi connectivity index (χ0n) is 15.2. The third-order valence-corrected chi connectivity index (χ3v) is 4.38. The normalized spacial score (nSPS) is 12.8. The molecule has 3 N–H and O–H groups in total. The molecule has 1 aliphatic heterocycles. The number of aromatic hydroxyl groups is 1. The lowest BCUT2D eigenvalue weighted by atomic mass is 10.2. The zero-order valence-corrected chi connectivity index (χ0v) is 15.9. The van der Waals surface area contributed by atoms with Crippen LogP contribution in [0.2, 0.25) is 5.02 Å². The molecule has 0 saturated heterocycles. The summed E-state index contributed by atoms with van der Waals surface area (Å²) in [7, 11) is 0. The molecule has 0 fully saturated rings. The van der Waals surface area contributed by atoms with Crippen molar-refractivity contribution in [2.45, 2.75) is 12.8 Å². The summed E-state index contributed by atoms with van der Waals surface area (Å²) in [5.41, 5.74) is 0.768. The Kier molecular flexibility index (Phi) is 6.60. The van der Waals surface area contributed by atoms with Crippen molar-refractivity contribution in [1.82, 2.24) is 10.6 Å². The number of hydrogen-bond donors (Lipinski definition) is 3. The summed E-state index contributed by atoms with van der Waals surface area (Å²) in [6.07, 6.45) is 1.30. The Hall–Kier alpha value is -2.93. The predicted octanol–water partition coefficient (Wildman–Crippen LogP) is 2.76. The van der Waals surface area contributed by atoms with Crippen LogP contribution in [-0.2, 0) is 0 Å². The molecule has 1 heterocycles. The summed E-state index contributed by atoms with van der Waals surface area (Å²) < 4.78 is 11.1. The molecular formula is C20H21ClN2O5. The predicted molar refractivity (Wildman–Crippen MR) is 104 cm³/mol. The van der Waals surface area contributed by atoms with Gasteiger partial charge in [-0.2, -0.15) is 0 Å². The number of benzene rings is 2. The highest BCUT2D eigenvalue weighted by Crippen LogP contribution is 2.37. The van der Waals surface area contributed by atoms with Gasteiger partial charge in [0.15, 0.2) is 11.5 Å². The average Bonchev–Trinajstić information content (AvgIpc) is 2.93. The lowest BCUT2D eigenvalue weighted by molar-refractivity contribution is 0.0951. The van der Waals surface area contributed by atoms with Crippen LogP contribution in [0.5, 0.6) is 17.2 Å². The molecular weight excluding hydrogens is 384 g/mol. The number of hydrogen-bond acceptors (Lipinski definition) is 5. The summed E-state index contributed by atoms with van der Waals surface area (Å²) in [4.78, 5) is 24.3. The second kappa shape index (κ2) is 9.32. The van der Waals surface area contributed by atoms with E-state index in [1.807, 2.05) is 0 Å². The molecule has 7 nitrogen and oxygen atoms in total. The van der Waals surface area contributed by atoms with E-state index in [-0.39, 0.29) is 17.6 Å². The second-order valence-electron chi connectivity index (χ2n) is 6.25. The maximum Gasteiger partial charge on any atom is 0.251 e. The molecule has 2 aromatic rings. The van der Waals surface area contributed by atoms with Crippen LogP contribution in [0.25, 0.3) is 0 Å². The highest BCUT2D eigenvalue weighted by Gasteiger charge is 2.18. The fraction of sp³-hybridized carbons (Fsp3) is 0.300. The van der Waals surface area contributed by atoms with Gasteiger partial charge in [-0.3, -0.25) is 9.59 Å². The van der Waals surface area contributed by atoms with E-state index in [2.05, 4.69) is 10.6 Å². The summed E-state index contributed by atoms with van der Waals surface area (Å²) in [6.45, 7) is 1.79. The number of amides is 2. The first-order valence-corrected chi connectivity index (χ1v) is 9.37. The number of phenols is 1. The number of nitrogens with one attached hydrogen (secondary N) is 2. The molecule has 3 rings (SSSR count). The molecule has 0 spiro atoms. The molecule has 28 heavy (non-hydrogen) atoms. The summed E-state index contributed by atoms with van der Waals surface area (Å²) in [5, 5.41) is 15.3. The van der Waals surface area contributed by atoms with Gasteiger partial charge in [0.25, 0.3) is 11.8 Å². The van der Waals surface area contributed by atoms with Crippen LogP contribution in [0.15, 0.2) is 36.4 Å². The van der Waals surface area contributed by atoms with E-state index >= 15 is 0 Å². The Morgan fingerprint density at radius 3 is 2.46 bits per heavy atom. The molecule has 1 aliphatic rings. The first-order valence-electron chi connectivity index (χ1n) is 8.99. The number of halogens is 1.